The van der Waals surface area contributed by atoms with Gasteiger partial charge in [-0.15, -0.1) is 12.6 Å². The van der Waals surface area contributed by atoms with Gasteiger partial charge < -0.3 is 20.4 Å². The molecule has 2 saturated heterocycles. The molecule has 0 spiro atoms. The fourth-order valence-electron chi connectivity index (χ4n) is 4.16. The molecule has 1 atom stereocenters. The lowest BCUT2D eigenvalue weighted by Crippen LogP contribution is -2.49. The molecule has 0 aromatic heterocycles. The highest BCUT2D eigenvalue weighted by Gasteiger charge is 2.21. The zero-order chi connectivity index (χ0) is 21.3. The van der Waals surface area contributed by atoms with E-state index in [4.69, 9.17) is 5.41 Å². The van der Waals surface area contributed by atoms with E-state index in [2.05, 4.69) is 45.0 Å². The SMILES string of the molecule is CN1CCNC(=O)CC(NCCCCN2CCN(C(=N)c3ccccc3S)CC2)C1. The van der Waals surface area contributed by atoms with Gasteiger partial charge in [-0.3, -0.25) is 15.1 Å². The quantitative estimate of drug-likeness (QED) is 0.225. The van der Waals surface area contributed by atoms with Crippen LogP contribution in [-0.2, 0) is 4.79 Å². The van der Waals surface area contributed by atoms with Crippen LogP contribution in [0.4, 0.5) is 0 Å². The molecule has 30 heavy (non-hydrogen) atoms. The molecule has 0 saturated carbocycles. The van der Waals surface area contributed by atoms with Crippen LogP contribution < -0.4 is 10.6 Å². The number of benzene rings is 1. The van der Waals surface area contributed by atoms with Crippen LogP contribution >= 0.6 is 12.6 Å². The summed E-state index contributed by atoms with van der Waals surface area (Å²) in [4.78, 5) is 19.6. The Morgan fingerprint density at radius 3 is 2.73 bits per heavy atom. The van der Waals surface area contributed by atoms with Crippen molar-refractivity contribution in [2.45, 2.75) is 30.2 Å². The highest BCUT2D eigenvalue weighted by Crippen LogP contribution is 2.16. The maximum absolute atomic E-state index is 11.8. The number of rotatable bonds is 7. The van der Waals surface area contributed by atoms with Gasteiger partial charge in [0.15, 0.2) is 0 Å². The fourth-order valence-corrected chi connectivity index (χ4v) is 4.42. The summed E-state index contributed by atoms with van der Waals surface area (Å²) in [6.07, 6.45) is 2.83. The topological polar surface area (TPSA) is 74.7 Å². The van der Waals surface area contributed by atoms with Crippen molar-refractivity contribution < 1.29 is 4.79 Å². The van der Waals surface area contributed by atoms with Crippen LogP contribution in [0.2, 0.25) is 0 Å². The third kappa shape index (κ3) is 6.97. The Morgan fingerprint density at radius 2 is 1.97 bits per heavy atom. The molecule has 1 aromatic rings. The van der Waals surface area contributed by atoms with Crippen LogP contribution in [0.15, 0.2) is 29.2 Å². The third-order valence-electron chi connectivity index (χ3n) is 5.96. The van der Waals surface area contributed by atoms with E-state index in [-0.39, 0.29) is 11.9 Å². The number of unbranched alkanes of at least 4 members (excludes halogenated alkanes) is 1. The number of likely N-dealkylation sites (N-methyl/N-ethyl adjacent to an activating group) is 1. The molecule has 2 aliphatic rings. The zero-order valence-electron chi connectivity index (χ0n) is 18.1. The van der Waals surface area contributed by atoms with Gasteiger partial charge in [-0.1, -0.05) is 18.2 Å². The molecule has 0 radical (unpaired) electrons. The minimum Gasteiger partial charge on any atom is -0.355 e. The van der Waals surface area contributed by atoms with E-state index in [9.17, 15) is 4.79 Å². The first-order valence-electron chi connectivity index (χ1n) is 11.1. The normalized spacial score (nSPS) is 21.7. The van der Waals surface area contributed by atoms with Crippen molar-refractivity contribution in [3.8, 4) is 0 Å². The number of carbonyl (C=O) groups is 1. The van der Waals surface area contributed by atoms with Crippen LogP contribution in [0.3, 0.4) is 0 Å². The molecule has 2 heterocycles. The number of nitrogens with zero attached hydrogens (tertiary/aromatic N) is 3. The van der Waals surface area contributed by atoms with Crippen LogP contribution in [0.1, 0.15) is 24.8 Å². The second-order valence-electron chi connectivity index (χ2n) is 8.37. The van der Waals surface area contributed by atoms with Gasteiger partial charge in [0, 0.05) is 68.7 Å². The maximum Gasteiger partial charge on any atom is 0.221 e. The number of amidine groups is 1. The van der Waals surface area contributed by atoms with Crippen LogP contribution in [0.5, 0.6) is 0 Å². The molecule has 1 unspecified atom stereocenters. The Morgan fingerprint density at radius 1 is 1.20 bits per heavy atom. The lowest BCUT2D eigenvalue weighted by molar-refractivity contribution is -0.122. The largest absolute Gasteiger partial charge is 0.355 e. The van der Waals surface area contributed by atoms with Crippen molar-refractivity contribution in [2.75, 3.05) is 66.0 Å². The number of nitrogens with one attached hydrogen (secondary N) is 3. The average Bonchev–Trinajstić information content (AvgIpc) is 2.72. The monoisotopic (exact) mass is 432 g/mol. The molecule has 3 rings (SSSR count). The third-order valence-corrected chi connectivity index (χ3v) is 6.35. The Labute approximate surface area is 186 Å². The smallest absolute Gasteiger partial charge is 0.221 e. The summed E-state index contributed by atoms with van der Waals surface area (Å²) in [7, 11) is 2.11. The van der Waals surface area contributed by atoms with E-state index in [1.54, 1.807) is 0 Å². The Hall–Kier alpha value is -1.61. The fraction of sp³-hybridized carbons (Fsp3) is 0.636. The van der Waals surface area contributed by atoms with Crippen molar-refractivity contribution in [3.05, 3.63) is 29.8 Å². The molecule has 7 nitrogen and oxygen atoms in total. The van der Waals surface area contributed by atoms with Gasteiger partial charge >= 0.3 is 0 Å². The van der Waals surface area contributed by atoms with Crippen molar-refractivity contribution >= 4 is 24.4 Å². The van der Waals surface area contributed by atoms with Gasteiger partial charge in [-0.2, -0.15) is 0 Å². The van der Waals surface area contributed by atoms with Crippen LogP contribution in [0.25, 0.3) is 0 Å². The predicted octanol–water partition coefficient (Wildman–Crippen LogP) is 1.11. The van der Waals surface area contributed by atoms with Gasteiger partial charge in [0.25, 0.3) is 0 Å². The minimum atomic E-state index is 0.157. The molecule has 3 N–H and O–H groups in total. The molecule has 166 valence electrons. The summed E-state index contributed by atoms with van der Waals surface area (Å²) in [5.74, 6) is 0.738. The minimum absolute atomic E-state index is 0.157. The summed E-state index contributed by atoms with van der Waals surface area (Å²) in [6.45, 7) is 8.41. The first-order chi connectivity index (χ1) is 14.5. The zero-order valence-corrected chi connectivity index (χ0v) is 19.0. The standard InChI is InChI=1S/C22H36N6OS/c1-26-11-9-25-21(29)16-18(17-26)24-8-4-5-10-27-12-14-28(15-13-27)22(23)19-6-2-3-7-20(19)30/h2-3,6-7,18,23-24,30H,4-5,8-17H2,1H3,(H,25,29). The summed E-state index contributed by atoms with van der Waals surface area (Å²) in [6, 6.07) is 8.07. The van der Waals surface area contributed by atoms with Crippen molar-refractivity contribution in [3.63, 3.8) is 0 Å². The maximum atomic E-state index is 11.8. The Kier molecular flexibility index (Phi) is 8.99. The lowest BCUT2D eigenvalue weighted by Gasteiger charge is -2.36. The van der Waals surface area contributed by atoms with Crippen molar-refractivity contribution in [1.82, 2.24) is 25.3 Å². The van der Waals surface area contributed by atoms with Gasteiger partial charge in [0.1, 0.15) is 5.84 Å². The van der Waals surface area contributed by atoms with E-state index in [1.165, 1.54) is 0 Å². The highest BCUT2D eigenvalue weighted by molar-refractivity contribution is 7.80. The summed E-state index contributed by atoms with van der Waals surface area (Å²) in [5, 5.41) is 15.0. The summed E-state index contributed by atoms with van der Waals surface area (Å²) < 4.78 is 0. The van der Waals surface area contributed by atoms with Gasteiger partial charge in [0.05, 0.1) is 0 Å². The molecule has 2 fully saturated rings. The van der Waals surface area contributed by atoms with Gasteiger partial charge in [-0.25, -0.2) is 0 Å². The number of thiol groups is 1. The van der Waals surface area contributed by atoms with Crippen LogP contribution in [-0.4, -0.2) is 98.4 Å². The van der Waals surface area contributed by atoms with Crippen LogP contribution in [0, 0.1) is 5.41 Å². The lowest BCUT2D eigenvalue weighted by atomic mass is 10.1. The summed E-state index contributed by atoms with van der Waals surface area (Å²) in [5.41, 5.74) is 0.911. The first-order valence-corrected chi connectivity index (χ1v) is 11.5. The molecule has 0 bridgehead atoms. The highest BCUT2D eigenvalue weighted by atomic mass is 32.1. The average molecular weight is 433 g/mol. The second kappa shape index (κ2) is 11.7. The predicted molar refractivity (Wildman–Crippen MR) is 125 cm³/mol. The second-order valence-corrected chi connectivity index (χ2v) is 8.85. The molecule has 0 aliphatic carbocycles. The van der Waals surface area contributed by atoms with E-state index in [0.29, 0.717) is 12.3 Å². The van der Waals surface area contributed by atoms with Crippen molar-refractivity contribution in [2.24, 2.45) is 0 Å². The van der Waals surface area contributed by atoms with E-state index in [0.717, 1.165) is 82.2 Å². The molecular weight excluding hydrogens is 396 g/mol. The first kappa shape index (κ1) is 23.1. The Balaban J connectivity index is 1.31. The number of piperazine rings is 1. The van der Waals surface area contributed by atoms with E-state index in [1.807, 2.05) is 24.3 Å². The molecule has 8 heteroatoms. The molecule has 1 aromatic carbocycles. The van der Waals surface area contributed by atoms with Gasteiger partial charge in [0.2, 0.25) is 5.91 Å². The van der Waals surface area contributed by atoms with Gasteiger partial charge in [-0.05, 0) is 39.0 Å². The number of hydrogen-bond donors (Lipinski definition) is 4. The Bertz CT molecular complexity index is 707. The molecule has 2 aliphatic heterocycles. The number of carbonyl (C=O) groups excluding carboxylic acids is 1. The molecule has 1 amide bonds. The number of amides is 1. The number of hydrogen-bond acceptors (Lipinski definition) is 6. The van der Waals surface area contributed by atoms with E-state index < -0.39 is 0 Å². The summed E-state index contributed by atoms with van der Waals surface area (Å²) >= 11 is 4.49. The molecular formula is C22H36N6OS. The van der Waals surface area contributed by atoms with Crippen molar-refractivity contribution in [1.29, 1.82) is 5.41 Å². The van der Waals surface area contributed by atoms with E-state index >= 15 is 0 Å².